The topological polar surface area (TPSA) is 107 Å². The molecule has 0 bridgehead atoms. The zero-order valence-corrected chi connectivity index (χ0v) is 14.7. The molecule has 25 heavy (non-hydrogen) atoms. The van der Waals surface area contributed by atoms with Crippen molar-refractivity contribution in [2.45, 2.75) is 20.8 Å². The Bertz CT molecular complexity index is 1150. The number of rotatable bonds is 2. The summed E-state index contributed by atoms with van der Waals surface area (Å²) in [5.74, 6) is -0.0662. The van der Waals surface area contributed by atoms with E-state index in [1.165, 1.54) is 11.3 Å². The molecule has 0 fully saturated rings. The Morgan fingerprint density at radius 1 is 1.16 bits per heavy atom. The molecule has 7 nitrogen and oxygen atoms in total. The molecule has 0 atom stereocenters. The molecule has 3 heterocycles. The van der Waals surface area contributed by atoms with E-state index in [9.17, 15) is 4.79 Å². The standard InChI is InChI=1S/C17H15N5O2S/c1-7-4-5-8(2)13-10(7)6-11-12(18)14(25-17(11)19-13)16(23)20-15-9(3)21-24-22-15/h4-6H,18H2,1-3H3,(H,20,22,23). The molecule has 0 unspecified atom stereocenters. The lowest BCUT2D eigenvalue weighted by molar-refractivity contribution is 0.103. The van der Waals surface area contributed by atoms with Gasteiger partial charge in [-0.05, 0) is 43.1 Å². The van der Waals surface area contributed by atoms with Gasteiger partial charge in [0, 0.05) is 10.8 Å². The number of hydrogen-bond donors (Lipinski definition) is 2. The van der Waals surface area contributed by atoms with Crippen LogP contribution in [-0.4, -0.2) is 21.2 Å². The number of amides is 1. The maximum atomic E-state index is 12.6. The summed E-state index contributed by atoms with van der Waals surface area (Å²) in [5.41, 5.74) is 10.3. The van der Waals surface area contributed by atoms with E-state index in [0.29, 0.717) is 16.3 Å². The molecule has 3 aromatic heterocycles. The van der Waals surface area contributed by atoms with Crippen LogP contribution in [0.15, 0.2) is 22.8 Å². The number of nitrogen functional groups attached to an aromatic ring is 1. The maximum Gasteiger partial charge on any atom is 0.269 e. The van der Waals surface area contributed by atoms with Crippen molar-refractivity contribution in [2.75, 3.05) is 11.1 Å². The number of carbonyl (C=O) groups is 1. The predicted molar refractivity (Wildman–Crippen MR) is 98.0 cm³/mol. The number of hydrogen-bond acceptors (Lipinski definition) is 7. The summed E-state index contributed by atoms with van der Waals surface area (Å²) in [4.78, 5) is 18.4. The van der Waals surface area contributed by atoms with E-state index < -0.39 is 0 Å². The van der Waals surface area contributed by atoms with E-state index in [1.54, 1.807) is 6.92 Å². The van der Waals surface area contributed by atoms with Crippen molar-refractivity contribution in [3.05, 3.63) is 39.9 Å². The van der Waals surface area contributed by atoms with Crippen LogP contribution in [0, 0.1) is 20.8 Å². The third-order valence-electron chi connectivity index (χ3n) is 4.19. The molecule has 126 valence electrons. The van der Waals surface area contributed by atoms with Crippen LogP contribution in [-0.2, 0) is 0 Å². The Hall–Kier alpha value is -3.00. The fourth-order valence-electron chi connectivity index (χ4n) is 2.74. The Morgan fingerprint density at radius 2 is 1.92 bits per heavy atom. The monoisotopic (exact) mass is 353 g/mol. The molecule has 1 aromatic carbocycles. The Balaban J connectivity index is 1.86. The molecule has 1 amide bonds. The molecule has 3 N–H and O–H groups in total. The number of thiophene rings is 1. The van der Waals surface area contributed by atoms with E-state index >= 15 is 0 Å². The molecule has 0 aliphatic carbocycles. The van der Waals surface area contributed by atoms with Gasteiger partial charge in [0.2, 0.25) is 5.82 Å². The van der Waals surface area contributed by atoms with Crippen LogP contribution in [0.25, 0.3) is 21.1 Å². The van der Waals surface area contributed by atoms with Crippen molar-refractivity contribution in [3.63, 3.8) is 0 Å². The minimum atomic E-state index is -0.350. The van der Waals surface area contributed by atoms with Gasteiger partial charge in [-0.2, -0.15) is 0 Å². The maximum absolute atomic E-state index is 12.6. The number of nitrogens with zero attached hydrogens (tertiary/aromatic N) is 3. The largest absolute Gasteiger partial charge is 0.397 e. The summed E-state index contributed by atoms with van der Waals surface area (Å²) in [7, 11) is 0. The molecule has 0 aliphatic heterocycles. The van der Waals surface area contributed by atoms with Gasteiger partial charge in [-0.3, -0.25) is 4.79 Å². The first-order chi connectivity index (χ1) is 12.0. The molecule has 0 saturated carbocycles. The fourth-order valence-corrected chi connectivity index (χ4v) is 3.71. The van der Waals surface area contributed by atoms with Crippen LogP contribution < -0.4 is 11.1 Å². The molecule has 8 heteroatoms. The summed E-state index contributed by atoms with van der Waals surface area (Å²) in [6.45, 7) is 5.75. The average molecular weight is 353 g/mol. The van der Waals surface area contributed by atoms with Crippen LogP contribution >= 0.6 is 11.3 Å². The lowest BCUT2D eigenvalue weighted by atomic mass is 10.0. The third kappa shape index (κ3) is 2.42. The highest BCUT2D eigenvalue weighted by molar-refractivity contribution is 7.21. The number of benzene rings is 1. The number of aryl methyl sites for hydroxylation is 3. The predicted octanol–water partition coefficient (Wildman–Crippen LogP) is 3.59. The van der Waals surface area contributed by atoms with Gasteiger partial charge in [-0.25, -0.2) is 9.61 Å². The SMILES string of the molecule is Cc1nonc1NC(=O)c1sc2nc3c(C)ccc(C)c3cc2c1N. The number of fused-ring (bicyclic) bond motifs is 2. The normalized spacial score (nSPS) is 11.3. The second-order valence-electron chi connectivity index (χ2n) is 5.93. The number of anilines is 2. The fraction of sp³-hybridized carbons (Fsp3) is 0.176. The van der Waals surface area contributed by atoms with E-state index in [4.69, 9.17) is 10.7 Å². The number of nitrogens with two attached hydrogens (primary N) is 1. The lowest BCUT2D eigenvalue weighted by Crippen LogP contribution is -2.12. The van der Waals surface area contributed by atoms with Gasteiger partial charge in [-0.15, -0.1) is 11.3 Å². The third-order valence-corrected chi connectivity index (χ3v) is 5.31. The summed E-state index contributed by atoms with van der Waals surface area (Å²) in [6.07, 6.45) is 0. The van der Waals surface area contributed by atoms with Crippen LogP contribution in [0.3, 0.4) is 0 Å². The van der Waals surface area contributed by atoms with E-state index in [1.807, 2.05) is 26.0 Å². The number of nitrogens with one attached hydrogen (secondary N) is 1. The molecule has 0 aliphatic rings. The second-order valence-corrected chi connectivity index (χ2v) is 6.93. The molecule has 4 aromatic rings. The highest BCUT2D eigenvalue weighted by Gasteiger charge is 2.20. The van der Waals surface area contributed by atoms with Crippen molar-refractivity contribution >= 4 is 49.9 Å². The van der Waals surface area contributed by atoms with Gasteiger partial charge in [0.05, 0.1) is 11.2 Å². The van der Waals surface area contributed by atoms with E-state index in [-0.39, 0.29) is 11.7 Å². The minimum absolute atomic E-state index is 0.284. The molecular formula is C17H15N5O2S. The number of pyridine rings is 1. The van der Waals surface area contributed by atoms with Crippen molar-refractivity contribution in [1.29, 1.82) is 0 Å². The van der Waals surface area contributed by atoms with Crippen molar-refractivity contribution < 1.29 is 9.42 Å². The first-order valence-electron chi connectivity index (χ1n) is 7.65. The Labute approximate surface area is 146 Å². The van der Waals surface area contributed by atoms with Gasteiger partial charge in [0.15, 0.2) is 0 Å². The zero-order chi connectivity index (χ0) is 17.7. The first-order valence-corrected chi connectivity index (χ1v) is 8.47. The van der Waals surface area contributed by atoms with Crippen LogP contribution in [0.5, 0.6) is 0 Å². The van der Waals surface area contributed by atoms with Gasteiger partial charge >= 0.3 is 0 Å². The molecule has 0 spiro atoms. The highest BCUT2D eigenvalue weighted by Crippen LogP contribution is 2.36. The van der Waals surface area contributed by atoms with E-state index in [0.717, 1.165) is 32.2 Å². The van der Waals surface area contributed by atoms with Crippen molar-refractivity contribution in [2.24, 2.45) is 0 Å². The van der Waals surface area contributed by atoms with Crippen LogP contribution in [0.1, 0.15) is 26.5 Å². The minimum Gasteiger partial charge on any atom is -0.397 e. The molecule has 0 saturated heterocycles. The first kappa shape index (κ1) is 15.5. The zero-order valence-electron chi connectivity index (χ0n) is 13.9. The lowest BCUT2D eigenvalue weighted by Gasteiger charge is -2.05. The van der Waals surface area contributed by atoms with Gasteiger partial charge in [0.1, 0.15) is 15.4 Å². The van der Waals surface area contributed by atoms with Crippen LogP contribution in [0.4, 0.5) is 11.5 Å². The highest BCUT2D eigenvalue weighted by atomic mass is 32.1. The van der Waals surface area contributed by atoms with Gasteiger partial charge < -0.3 is 11.1 Å². The molecule has 4 rings (SSSR count). The molecular weight excluding hydrogens is 338 g/mol. The summed E-state index contributed by atoms with van der Waals surface area (Å²) < 4.78 is 4.59. The second kappa shape index (κ2) is 5.52. The van der Waals surface area contributed by atoms with Gasteiger partial charge in [-0.1, -0.05) is 17.3 Å². The average Bonchev–Trinajstić information content (AvgIpc) is 3.14. The number of carbonyl (C=O) groups excluding carboxylic acids is 1. The summed E-state index contributed by atoms with van der Waals surface area (Å²) in [5, 5.41) is 11.8. The van der Waals surface area contributed by atoms with Crippen molar-refractivity contribution in [1.82, 2.24) is 15.3 Å². The van der Waals surface area contributed by atoms with Crippen LogP contribution in [0.2, 0.25) is 0 Å². The Kier molecular flexibility index (Phi) is 3.43. The quantitative estimate of drug-likeness (QED) is 0.570. The van der Waals surface area contributed by atoms with E-state index in [2.05, 4.69) is 26.3 Å². The summed E-state index contributed by atoms with van der Waals surface area (Å²) in [6, 6.07) is 6.11. The summed E-state index contributed by atoms with van der Waals surface area (Å²) >= 11 is 1.26. The Morgan fingerprint density at radius 3 is 2.64 bits per heavy atom. The smallest absolute Gasteiger partial charge is 0.269 e. The molecule has 0 radical (unpaired) electrons. The van der Waals surface area contributed by atoms with Crippen molar-refractivity contribution in [3.8, 4) is 0 Å². The number of aromatic nitrogens is 3. The van der Waals surface area contributed by atoms with Gasteiger partial charge in [0.25, 0.3) is 5.91 Å².